The van der Waals surface area contributed by atoms with Gasteiger partial charge in [-0.3, -0.25) is 0 Å². The van der Waals surface area contributed by atoms with E-state index in [9.17, 15) is 4.79 Å². The van der Waals surface area contributed by atoms with Gasteiger partial charge in [-0.1, -0.05) is 0 Å². The molecular weight excluding hydrogens is 238 g/mol. The molecule has 18 heavy (non-hydrogen) atoms. The van der Waals surface area contributed by atoms with Crippen LogP contribution in [0.15, 0.2) is 24.3 Å². The summed E-state index contributed by atoms with van der Waals surface area (Å²) in [6.07, 6.45) is 0. The molecule has 0 aliphatic carbocycles. The van der Waals surface area contributed by atoms with Crippen LogP contribution in [0.3, 0.4) is 0 Å². The molecule has 0 aliphatic heterocycles. The van der Waals surface area contributed by atoms with Crippen LogP contribution in [-0.4, -0.2) is 49.7 Å². The van der Waals surface area contributed by atoms with E-state index in [4.69, 9.17) is 20.7 Å². The highest BCUT2D eigenvalue weighted by molar-refractivity contribution is 5.87. The maximum Gasteiger partial charge on any atom is 0.335 e. The Morgan fingerprint density at radius 1 is 1.22 bits per heavy atom. The molecule has 1 rings (SSSR count). The number of anilines is 1. The van der Waals surface area contributed by atoms with Crippen molar-refractivity contribution < 1.29 is 24.5 Å². The summed E-state index contributed by atoms with van der Waals surface area (Å²) in [5, 5.41) is 16.6. The molecule has 0 fully saturated rings. The first kappa shape index (κ1) is 16.4. The Hall–Kier alpha value is -1.63. The molecule has 0 amide bonds. The molecule has 0 aromatic heterocycles. The number of aliphatic hydroxyl groups is 1. The van der Waals surface area contributed by atoms with Gasteiger partial charge >= 0.3 is 5.97 Å². The second kappa shape index (κ2) is 10.5. The summed E-state index contributed by atoms with van der Waals surface area (Å²) in [5.41, 5.74) is 6.17. The number of carbonyl (C=O) groups is 1. The van der Waals surface area contributed by atoms with Gasteiger partial charge in [-0.15, -0.1) is 0 Å². The van der Waals surface area contributed by atoms with Crippen molar-refractivity contribution in [2.24, 2.45) is 0 Å². The number of hydrogen-bond acceptors (Lipinski definition) is 5. The summed E-state index contributed by atoms with van der Waals surface area (Å²) in [6.45, 7) is 1.66. The average molecular weight is 257 g/mol. The quantitative estimate of drug-likeness (QED) is 0.509. The zero-order valence-electron chi connectivity index (χ0n) is 10.3. The van der Waals surface area contributed by atoms with Crippen molar-refractivity contribution in [1.29, 1.82) is 0 Å². The Morgan fingerprint density at radius 3 is 2.28 bits per heavy atom. The standard InChI is InChI=1S/C7H7NO2.C5H12O3/c8-6-3-1-5(2-4-6)7(9)10;1-7-4-5-8-3-2-6/h1-4H,8H2,(H,9,10);6H,2-5H2,1H3. The van der Waals surface area contributed by atoms with Gasteiger partial charge in [0.05, 0.1) is 32.0 Å². The summed E-state index contributed by atoms with van der Waals surface area (Å²) in [7, 11) is 1.61. The van der Waals surface area contributed by atoms with E-state index in [1.54, 1.807) is 19.2 Å². The zero-order valence-corrected chi connectivity index (χ0v) is 10.3. The van der Waals surface area contributed by atoms with E-state index in [1.807, 2.05) is 0 Å². The SMILES string of the molecule is COCCOCCO.Nc1ccc(C(=O)O)cc1. The van der Waals surface area contributed by atoms with Crippen LogP contribution in [-0.2, 0) is 9.47 Å². The molecule has 0 atom stereocenters. The van der Waals surface area contributed by atoms with Gasteiger partial charge in [0.1, 0.15) is 0 Å². The van der Waals surface area contributed by atoms with Gasteiger partial charge in [-0.05, 0) is 24.3 Å². The maximum atomic E-state index is 10.3. The molecule has 0 saturated heterocycles. The molecule has 0 radical (unpaired) electrons. The highest BCUT2D eigenvalue weighted by Gasteiger charge is 1.98. The van der Waals surface area contributed by atoms with Crippen molar-refractivity contribution >= 4 is 11.7 Å². The van der Waals surface area contributed by atoms with Crippen molar-refractivity contribution in [2.75, 3.05) is 39.3 Å². The lowest BCUT2D eigenvalue weighted by atomic mass is 10.2. The monoisotopic (exact) mass is 257 g/mol. The van der Waals surface area contributed by atoms with Crippen molar-refractivity contribution in [3.63, 3.8) is 0 Å². The molecule has 0 aliphatic rings. The summed E-state index contributed by atoms with van der Waals surface area (Å²) in [5.74, 6) is -0.931. The molecule has 0 unspecified atom stereocenters. The number of carboxylic acid groups (broad SMARTS) is 1. The number of benzene rings is 1. The van der Waals surface area contributed by atoms with Gasteiger partial charge in [0.15, 0.2) is 0 Å². The molecule has 6 heteroatoms. The van der Waals surface area contributed by atoms with Crippen LogP contribution in [0.5, 0.6) is 0 Å². The number of aromatic carboxylic acids is 1. The Labute approximate surface area is 106 Å². The third-order valence-electron chi connectivity index (χ3n) is 1.83. The summed E-state index contributed by atoms with van der Waals surface area (Å²) >= 11 is 0. The van der Waals surface area contributed by atoms with E-state index < -0.39 is 5.97 Å². The Balaban J connectivity index is 0.000000331. The lowest BCUT2D eigenvalue weighted by Crippen LogP contribution is -2.05. The number of nitrogens with two attached hydrogens (primary N) is 1. The highest BCUT2D eigenvalue weighted by atomic mass is 16.5. The van der Waals surface area contributed by atoms with Crippen molar-refractivity contribution in [3.05, 3.63) is 29.8 Å². The molecule has 1 aromatic carbocycles. The number of nitrogen functional groups attached to an aromatic ring is 1. The fourth-order valence-corrected chi connectivity index (χ4v) is 0.935. The fourth-order valence-electron chi connectivity index (χ4n) is 0.935. The fraction of sp³-hybridized carbons (Fsp3) is 0.417. The lowest BCUT2D eigenvalue weighted by Gasteiger charge is -1.98. The summed E-state index contributed by atoms with van der Waals surface area (Å²) in [6, 6.07) is 6.06. The number of aliphatic hydroxyl groups excluding tert-OH is 1. The third-order valence-corrected chi connectivity index (χ3v) is 1.83. The van der Waals surface area contributed by atoms with Gasteiger partial charge in [0, 0.05) is 12.8 Å². The van der Waals surface area contributed by atoms with Gasteiger partial charge in [0.2, 0.25) is 0 Å². The van der Waals surface area contributed by atoms with Crippen LogP contribution in [0.2, 0.25) is 0 Å². The summed E-state index contributed by atoms with van der Waals surface area (Å²) < 4.78 is 9.53. The molecule has 0 bridgehead atoms. The molecular formula is C12H19NO5. The topological polar surface area (TPSA) is 102 Å². The van der Waals surface area contributed by atoms with Crippen molar-refractivity contribution in [2.45, 2.75) is 0 Å². The first-order valence-electron chi connectivity index (χ1n) is 5.38. The van der Waals surface area contributed by atoms with Crippen molar-refractivity contribution in [3.8, 4) is 0 Å². The molecule has 0 spiro atoms. The highest BCUT2D eigenvalue weighted by Crippen LogP contribution is 2.04. The summed E-state index contributed by atoms with van der Waals surface area (Å²) in [4.78, 5) is 10.3. The molecule has 6 nitrogen and oxygen atoms in total. The molecule has 0 heterocycles. The number of ether oxygens (including phenoxy) is 2. The number of rotatable bonds is 6. The Bertz CT molecular complexity index is 320. The van der Waals surface area contributed by atoms with Crippen LogP contribution in [0.1, 0.15) is 10.4 Å². The van der Waals surface area contributed by atoms with E-state index in [0.29, 0.717) is 25.5 Å². The smallest absolute Gasteiger partial charge is 0.335 e. The van der Waals surface area contributed by atoms with Crippen LogP contribution in [0.4, 0.5) is 5.69 Å². The second-order valence-electron chi connectivity index (χ2n) is 3.26. The van der Waals surface area contributed by atoms with Crippen LogP contribution in [0.25, 0.3) is 0 Å². The number of carboxylic acids is 1. The first-order chi connectivity index (χ1) is 8.61. The Morgan fingerprint density at radius 2 is 1.83 bits per heavy atom. The third kappa shape index (κ3) is 8.51. The van der Waals surface area contributed by atoms with Crippen LogP contribution < -0.4 is 5.73 Å². The van der Waals surface area contributed by atoms with Gasteiger partial charge in [-0.25, -0.2) is 4.79 Å². The minimum Gasteiger partial charge on any atom is -0.478 e. The van der Waals surface area contributed by atoms with Crippen LogP contribution in [0, 0.1) is 0 Å². The zero-order chi connectivity index (χ0) is 13.8. The van der Waals surface area contributed by atoms with E-state index in [1.165, 1.54) is 12.1 Å². The lowest BCUT2D eigenvalue weighted by molar-refractivity contribution is 0.0500. The van der Waals surface area contributed by atoms with E-state index in [2.05, 4.69) is 4.74 Å². The predicted molar refractivity (Wildman–Crippen MR) is 67.6 cm³/mol. The second-order valence-corrected chi connectivity index (χ2v) is 3.26. The molecule has 4 N–H and O–H groups in total. The number of methoxy groups -OCH3 is 1. The largest absolute Gasteiger partial charge is 0.478 e. The molecule has 1 aromatic rings. The van der Waals surface area contributed by atoms with E-state index >= 15 is 0 Å². The minimum atomic E-state index is -0.931. The molecule has 102 valence electrons. The van der Waals surface area contributed by atoms with Gasteiger partial charge in [0.25, 0.3) is 0 Å². The Kier molecular flexibility index (Phi) is 9.57. The predicted octanol–water partition coefficient (Wildman–Crippen LogP) is 0.609. The minimum absolute atomic E-state index is 0.0870. The van der Waals surface area contributed by atoms with Crippen LogP contribution >= 0.6 is 0 Å². The normalized spacial score (nSPS) is 9.44. The molecule has 0 saturated carbocycles. The van der Waals surface area contributed by atoms with Gasteiger partial charge in [-0.2, -0.15) is 0 Å². The van der Waals surface area contributed by atoms with Crippen molar-refractivity contribution in [1.82, 2.24) is 0 Å². The first-order valence-corrected chi connectivity index (χ1v) is 5.38. The average Bonchev–Trinajstić information content (AvgIpc) is 2.36. The van der Waals surface area contributed by atoms with E-state index in [-0.39, 0.29) is 12.2 Å². The van der Waals surface area contributed by atoms with E-state index in [0.717, 1.165) is 0 Å². The maximum absolute atomic E-state index is 10.3. The van der Waals surface area contributed by atoms with Gasteiger partial charge < -0.3 is 25.4 Å². The number of hydrogen-bond donors (Lipinski definition) is 3.